The lowest BCUT2D eigenvalue weighted by molar-refractivity contribution is -0.125. The molecule has 2 aromatic rings. The second-order valence-corrected chi connectivity index (χ2v) is 9.01. The zero-order valence-corrected chi connectivity index (χ0v) is 18.8. The Kier molecular flexibility index (Phi) is 6.46. The average molecular weight is 428 g/mol. The minimum Gasteiger partial charge on any atom is -0.355 e. The van der Waals surface area contributed by atoms with E-state index < -0.39 is 0 Å². The number of fused-ring (bicyclic) bond motifs is 3. The summed E-state index contributed by atoms with van der Waals surface area (Å²) in [6.45, 7) is 4.68. The Labute approximate surface area is 183 Å². The van der Waals surface area contributed by atoms with E-state index >= 15 is 0 Å². The Hall–Kier alpha value is -2.22. The first kappa shape index (κ1) is 22.0. The number of hydrogen-bond donors (Lipinski definition) is 1. The highest BCUT2D eigenvalue weighted by atomic mass is 16.7. The third-order valence-electron chi connectivity index (χ3n) is 6.81. The van der Waals surface area contributed by atoms with Crippen LogP contribution in [0.3, 0.4) is 0 Å². The molecule has 1 amide bonds. The van der Waals surface area contributed by atoms with Crippen LogP contribution in [0.4, 0.5) is 0 Å². The number of pyridine rings is 1. The molecule has 0 radical (unpaired) electrons. The first-order valence-electron chi connectivity index (χ1n) is 11.2. The van der Waals surface area contributed by atoms with Crippen molar-refractivity contribution in [2.75, 3.05) is 20.8 Å². The van der Waals surface area contributed by atoms with Crippen molar-refractivity contribution in [1.29, 1.82) is 0 Å². The predicted molar refractivity (Wildman–Crippen MR) is 120 cm³/mol. The number of carbonyl (C=O) groups is 1. The summed E-state index contributed by atoms with van der Waals surface area (Å²) < 4.78 is 12.5. The van der Waals surface area contributed by atoms with Crippen molar-refractivity contribution in [2.24, 2.45) is 0 Å². The van der Waals surface area contributed by atoms with Crippen LogP contribution >= 0.6 is 0 Å². The van der Waals surface area contributed by atoms with Crippen LogP contribution in [-0.4, -0.2) is 60.6 Å². The number of amides is 1. The number of para-hydroxylation sites is 1. The van der Waals surface area contributed by atoms with Gasteiger partial charge in [-0.25, -0.2) is 0 Å². The van der Waals surface area contributed by atoms with Gasteiger partial charge in [0, 0.05) is 38.4 Å². The average Bonchev–Trinajstić information content (AvgIpc) is 2.98. The largest absolute Gasteiger partial charge is 0.355 e. The van der Waals surface area contributed by atoms with Crippen LogP contribution in [-0.2, 0) is 9.47 Å². The van der Waals surface area contributed by atoms with Gasteiger partial charge in [0.15, 0.2) is 6.29 Å². The van der Waals surface area contributed by atoms with Crippen LogP contribution in [0.1, 0.15) is 55.9 Å². The molecule has 1 aromatic heterocycles. The number of piperidine rings is 1. The second kappa shape index (κ2) is 9.10. The number of ether oxygens (including phenoxy) is 2. The number of nitrogens with zero attached hydrogens (tertiary/aromatic N) is 2. The van der Waals surface area contributed by atoms with E-state index in [9.17, 15) is 9.59 Å². The first-order chi connectivity index (χ1) is 14.9. The van der Waals surface area contributed by atoms with Crippen LogP contribution in [0.15, 0.2) is 35.1 Å². The van der Waals surface area contributed by atoms with E-state index in [1.807, 2.05) is 38.1 Å². The number of methoxy groups -OCH3 is 2. The number of benzene rings is 1. The Morgan fingerprint density at radius 1 is 1.13 bits per heavy atom. The minimum absolute atomic E-state index is 0.0289. The maximum atomic E-state index is 13.2. The molecule has 0 spiro atoms. The molecule has 2 bridgehead atoms. The molecule has 2 aliphatic heterocycles. The lowest BCUT2D eigenvalue weighted by atomic mass is 9.96. The molecule has 1 aromatic carbocycles. The molecule has 7 nitrogen and oxygen atoms in total. The molecule has 2 unspecified atom stereocenters. The van der Waals surface area contributed by atoms with Gasteiger partial charge >= 0.3 is 0 Å². The molecule has 0 saturated carbocycles. The van der Waals surface area contributed by atoms with Crippen molar-refractivity contribution >= 4 is 16.8 Å². The molecule has 2 saturated heterocycles. The van der Waals surface area contributed by atoms with E-state index in [2.05, 4.69) is 10.2 Å². The molecule has 4 rings (SSSR count). The quantitative estimate of drug-likeness (QED) is 0.688. The number of aromatic nitrogens is 1. The molecule has 7 heteroatoms. The molecule has 2 fully saturated rings. The fourth-order valence-electron chi connectivity index (χ4n) is 5.33. The van der Waals surface area contributed by atoms with Gasteiger partial charge in [-0.05, 0) is 57.0 Å². The highest BCUT2D eigenvalue weighted by molar-refractivity contribution is 5.97. The molecule has 168 valence electrons. The smallest absolute Gasteiger partial charge is 0.264 e. The third-order valence-corrected chi connectivity index (χ3v) is 6.81. The fraction of sp³-hybridized carbons (Fsp3) is 0.583. The summed E-state index contributed by atoms with van der Waals surface area (Å²) in [5.41, 5.74) is 0.854. The number of nitrogens with one attached hydrogen (secondary N) is 1. The summed E-state index contributed by atoms with van der Waals surface area (Å²) in [4.78, 5) is 28.8. The lowest BCUT2D eigenvalue weighted by Gasteiger charge is -2.40. The molecule has 31 heavy (non-hydrogen) atoms. The van der Waals surface area contributed by atoms with Crippen molar-refractivity contribution in [1.82, 2.24) is 14.8 Å². The molecular formula is C24H33N3O4. The summed E-state index contributed by atoms with van der Waals surface area (Å²) in [5.74, 6) is -0.269. The Morgan fingerprint density at radius 3 is 2.39 bits per heavy atom. The topological polar surface area (TPSA) is 72.8 Å². The SMILES string of the molecule is COC(CN1C2CCC1CC(NC(=O)c1cc3ccccc3n(C(C)C)c1=O)C2)OC. The summed E-state index contributed by atoms with van der Waals surface area (Å²) in [5, 5.41) is 4.07. The van der Waals surface area contributed by atoms with Gasteiger partial charge in [-0.2, -0.15) is 0 Å². The molecule has 2 aliphatic rings. The number of rotatable bonds is 7. The van der Waals surface area contributed by atoms with Gasteiger partial charge in [0.2, 0.25) is 0 Å². The third kappa shape index (κ3) is 4.27. The van der Waals surface area contributed by atoms with Crippen LogP contribution < -0.4 is 10.9 Å². The maximum absolute atomic E-state index is 13.2. The fourth-order valence-corrected chi connectivity index (χ4v) is 5.33. The van der Waals surface area contributed by atoms with Gasteiger partial charge in [-0.3, -0.25) is 14.5 Å². The summed E-state index contributed by atoms with van der Waals surface area (Å²) in [6, 6.07) is 10.3. The van der Waals surface area contributed by atoms with Crippen LogP contribution in [0, 0.1) is 0 Å². The van der Waals surface area contributed by atoms with Crippen molar-refractivity contribution < 1.29 is 14.3 Å². The zero-order valence-electron chi connectivity index (χ0n) is 18.8. The summed E-state index contributed by atoms with van der Waals surface area (Å²) >= 11 is 0. The summed E-state index contributed by atoms with van der Waals surface area (Å²) in [7, 11) is 3.33. The Bertz CT molecular complexity index is 984. The highest BCUT2D eigenvalue weighted by Gasteiger charge is 2.42. The molecule has 3 heterocycles. The van der Waals surface area contributed by atoms with E-state index in [0.717, 1.165) is 43.1 Å². The molecule has 0 aliphatic carbocycles. The number of hydrogen-bond acceptors (Lipinski definition) is 5. The molecule has 2 atom stereocenters. The predicted octanol–water partition coefficient (Wildman–Crippen LogP) is 2.93. The number of carbonyl (C=O) groups excluding carboxylic acids is 1. The van der Waals surface area contributed by atoms with Crippen molar-refractivity contribution in [2.45, 2.75) is 70.0 Å². The van der Waals surface area contributed by atoms with Crippen molar-refractivity contribution in [3.63, 3.8) is 0 Å². The van der Waals surface area contributed by atoms with Crippen LogP contribution in [0.25, 0.3) is 10.9 Å². The van der Waals surface area contributed by atoms with Crippen molar-refractivity contribution in [3.05, 3.63) is 46.2 Å². The lowest BCUT2D eigenvalue weighted by Crippen LogP contribution is -2.53. The van der Waals surface area contributed by atoms with Crippen LogP contribution in [0.2, 0.25) is 0 Å². The van der Waals surface area contributed by atoms with Crippen molar-refractivity contribution in [3.8, 4) is 0 Å². The monoisotopic (exact) mass is 427 g/mol. The Balaban J connectivity index is 1.52. The van der Waals surface area contributed by atoms with E-state index in [-0.39, 0.29) is 35.4 Å². The van der Waals surface area contributed by atoms with Gasteiger partial charge in [-0.1, -0.05) is 18.2 Å². The molecular weight excluding hydrogens is 394 g/mol. The van der Waals surface area contributed by atoms with Gasteiger partial charge in [0.25, 0.3) is 11.5 Å². The minimum atomic E-state index is -0.269. The van der Waals surface area contributed by atoms with Gasteiger partial charge in [0.05, 0.1) is 12.1 Å². The standard InChI is InChI=1S/C24H33N3O4/c1-15(2)27-21-8-6-5-7-16(21)11-20(24(27)29)23(28)25-17-12-18-9-10-19(13-17)26(18)14-22(30-3)31-4/h5-8,11,15,17-19,22H,9-10,12-14H2,1-4H3,(H,25,28). The normalized spacial score (nSPS) is 23.7. The Morgan fingerprint density at radius 2 is 1.77 bits per heavy atom. The van der Waals surface area contributed by atoms with E-state index in [1.165, 1.54) is 0 Å². The second-order valence-electron chi connectivity index (χ2n) is 9.01. The molecule has 1 N–H and O–H groups in total. The maximum Gasteiger partial charge on any atom is 0.264 e. The van der Waals surface area contributed by atoms with E-state index in [1.54, 1.807) is 24.9 Å². The highest BCUT2D eigenvalue weighted by Crippen LogP contribution is 2.36. The van der Waals surface area contributed by atoms with E-state index in [4.69, 9.17) is 9.47 Å². The first-order valence-corrected chi connectivity index (χ1v) is 11.2. The summed E-state index contributed by atoms with van der Waals surface area (Å²) in [6.07, 6.45) is 3.77. The van der Waals surface area contributed by atoms with E-state index in [0.29, 0.717) is 12.1 Å². The van der Waals surface area contributed by atoms with Crippen LogP contribution in [0.5, 0.6) is 0 Å². The van der Waals surface area contributed by atoms with Gasteiger partial charge in [-0.15, -0.1) is 0 Å². The van der Waals surface area contributed by atoms with Gasteiger partial charge in [0.1, 0.15) is 5.56 Å². The zero-order chi connectivity index (χ0) is 22.1. The van der Waals surface area contributed by atoms with Gasteiger partial charge < -0.3 is 19.4 Å².